The first kappa shape index (κ1) is 12.1. The number of H-pyrrole nitrogens is 1. The zero-order valence-corrected chi connectivity index (χ0v) is 10.8. The average molecular weight is 249 g/mol. The van der Waals surface area contributed by atoms with Crippen molar-refractivity contribution in [1.29, 1.82) is 0 Å². The number of aromatic amines is 1. The fraction of sp³-hybridized carbons (Fsp3) is 0.333. The summed E-state index contributed by atoms with van der Waals surface area (Å²) in [5, 5.41) is 1.33. The van der Waals surface area contributed by atoms with Crippen molar-refractivity contribution in [3.8, 4) is 0 Å². The van der Waals surface area contributed by atoms with Crippen LogP contribution in [-0.4, -0.2) is 41.3 Å². The van der Waals surface area contributed by atoms with Crippen LogP contribution in [0, 0.1) is 0 Å². The van der Waals surface area contributed by atoms with Gasteiger partial charge in [0.1, 0.15) is 0 Å². The first-order valence-corrected chi connectivity index (χ1v) is 6.42. The van der Waals surface area contributed by atoms with Crippen LogP contribution in [0.1, 0.15) is 0 Å². The minimum atomic E-state index is -0.0667. The first-order chi connectivity index (χ1) is 8.16. The van der Waals surface area contributed by atoms with Crippen molar-refractivity contribution in [2.75, 3.05) is 26.4 Å². The van der Waals surface area contributed by atoms with E-state index in [1.54, 1.807) is 17.8 Å². The summed E-state index contributed by atoms with van der Waals surface area (Å²) in [4.78, 5) is 21.1. The zero-order chi connectivity index (χ0) is 12.3. The second-order valence-electron chi connectivity index (χ2n) is 4.04. The molecule has 0 bridgehead atoms. The highest BCUT2D eigenvalue weighted by molar-refractivity contribution is 7.99. The summed E-state index contributed by atoms with van der Waals surface area (Å²) in [6, 6.07) is 7.39. The predicted octanol–water partition coefficient (Wildman–Crippen LogP) is 1.58. The van der Waals surface area contributed by atoms with E-state index in [0.717, 1.165) is 17.8 Å². The second-order valence-corrected chi connectivity index (χ2v) is 5.12. The summed E-state index contributed by atoms with van der Waals surface area (Å²) in [6.45, 7) is 0.960. The summed E-state index contributed by atoms with van der Waals surface area (Å²) < 4.78 is 0. The molecule has 2 rings (SSSR count). The Labute approximate surface area is 104 Å². The number of rotatable bonds is 4. The van der Waals surface area contributed by atoms with Gasteiger partial charge in [-0.2, -0.15) is 0 Å². The summed E-state index contributed by atoms with van der Waals surface area (Å²) >= 11 is 1.57. The molecule has 0 unspecified atom stereocenters. The fourth-order valence-corrected chi connectivity index (χ4v) is 2.44. The lowest BCUT2D eigenvalue weighted by molar-refractivity contribution is 0.437. The highest BCUT2D eigenvalue weighted by Gasteiger charge is 2.03. The average Bonchev–Trinajstić information content (AvgIpc) is 2.28. The van der Waals surface area contributed by atoms with Gasteiger partial charge in [-0.1, -0.05) is 23.9 Å². The molecule has 0 atom stereocenters. The van der Waals surface area contributed by atoms with Crippen LogP contribution in [0.3, 0.4) is 0 Å². The van der Waals surface area contributed by atoms with Crippen LogP contribution >= 0.6 is 11.8 Å². The van der Waals surface area contributed by atoms with Crippen LogP contribution in [0.5, 0.6) is 0 Å². The Balaban J connectivity index is 2.22. The van der Waals surface area contributed by atoms with E-state index in [1.807, 2.05) is 32.3 Å². The van der Waals surface area contributed by atoms with Gasteiger partial charge in [-0.25, -0.2) is 4.98 Å². The highest BCUT2D eigenvalue weighted by Crippen LogP contribution is 2.14. The minimum Gasteiger partial charge on any atom is -0.309 e. The number of para-hydroxylation sites is 1. The third-order valence-electron chi connectivity index (χ3n) is 2.37. The van der Waals surface area contributed by atoms with E-state index in [2.05, 4.69) is 14.9 Å². The van der Waals surface area contributed by atoms with E-state index in [4.69, 9.17) is 0 Å². The number of hydrogen-bond donors (Lipinski definition) is 1. The van der Waals surface area contributed by atoms with E-state index in [0.29, 0.717) is 10.5 Å². The quantitative estimate of drug-likeness (QED) is 0.660. The molecule has 1 N–H and O–H groups in total. The molecule has 90 valence electrons. The predicted molar refractivity (Wildman–Crippen MR) is 71.6 cm³/mol. The van der Waals surface area contributed by atoms with Crippen LogP contribution in [-0.2, 0) is 0 Å². The molecule has 1 heterocycles. The smallest absolute Gasteiger partial charge is 0.259 e. The van der Waals surface area contributed by atoms with Crippen LogP contribution in [0.25, 0.3) is 10.9 Å². The largest absolute Gasteiger partial charge is 0.309 e. The van der Waals surface area contributed by atoms with Crippen molar-refractivity contribution >= 4 is 22.7 Å². The summed E-state index contributed by atoms with van der Waals surface area (Å²) in [5.41, 5.74) is 0.687. The Hall–Kier alpha value is -1.33. The van der Waals surface area contributed by atoms with Crippen molar-refractivity contribution < 1.29 is 0 Å². The molecule has 1 aromatic carbocycles. The van der Waals surface area contributed by atoms with Crippen LogP contribution in [0.15, 0.2) is 34.2 Å². The van der Waals surface area contributed by atoms with Gasteiger partial charge in [0.25, 0.3) is 5.56 Å². The molecule has 0 amide bonds. The lowest BCUT2D eigenvalue weighted by Crippen LogP contribution is -2.15. The summed E-state index contributed by atoms with van der Waals surface area (Å²) in [6.07, 6.45) is 0. The standard InChI is InChI=1S/C12H15N3OS/c1-15(2)7-8-17-12-13-10-6-4-3-5-9(10)11(16)14-12/h3-6H,7-8H2,1-2H3,(H,13,14,16). The van der Waals surface area contributed by atoms with Crippen molar-refractivity contribution in [3.63, 3.8) is 0 Å². The topological polar surface area (TPSA) is 49.0 Å². The van der Waals surface area contributed by atoms with Gasteiger partial charge >= 0.3 is 0 Å². The van der Waals surface area contributed by atoms with Gasteiger partial charge < -0.3 is 9.88 Å². The Morgan fingerprint density at radius 3 is 2.88 bits per heavy atom. The Kier molecular flexibility index (Phi) is 3.81. The number of nitrogens with zero attached hydrogens (tertiary/aromatic N) is 2. The molecular weight excluding hydrogens is 234 g/mol. The monoisotopic (exact) mass is 249 g/mol. The molecule has 0 saturated heterocycles. The number of hydrogen-bond acceptors (Lipinski definition) is 4. The van der Waals surface area contributed by atoms with Gasteiger partial charge in [0, 0.05) is 12.3 Å². The molecule has 2 aromatic rings. The maximum atomic E-state index is 11.8. The first-order valence-electron chi connectivity index (χ1n) is 5.43. The van der Waals surface area contributed by atoms with Gasteiger partial charge in [-0.05, 0) is 26.2 Å². The Morgan fingerprint density at radius 2 is 2.12 bits per heavy atom. The zero-order valence-electron chi connectivity index (χ0n) is 9.93. The molecule has 0 saturated carbocycles. The van der Waals surface area contributed by atoms with Gasteiger partial charge in [0.2, 0.25) is 0 Å². The number of benzene rings is 1. The second kappa shape index (κ2) is 5.33. The van der Waals surface area contributed by atoms with Gasteiger partial charge in [-0.3, -0.25) is 4.79 Å². The van der Waals surface area contributed by atoms with Crippen molar-refractivity contribution in [3.05, 3.63) is 34.6 Å². The third-order valence-corrected chi connectivity index (χ3v) is 3.22. The molecule has 1 aromatic heterocycles. The molecule has 0 aliphatic rings. The van der Waals surface area contributed by atoms with E-state index in [1.165, 1.54) is 0 Å². The number of nitrogens with one attached hydrogen (secondary N) is 1. The molecule has 0 aliphatic heterocycles. The fourth-order valence-electron chi connectivity index (χ4n) is 1.46. The Bertz CT molecular complexity index is 565. The van der Waals surface area contributed by atoms with E-state index < -0.39 is 0 Å². The lowest BCUT2D eigenvalue weighted by Gasteiger charge is -2.08. The maximum Gasteiger partial charge on any atom is 0.259 e. The van der Waals surface area contributed by atoms with Gasteiger partial charge in [-0.15, -0.1) is 0 Å². The number of thioether (sulfide) groups is 1. The Morgan fingerprint density at radius 1 is 1.35 bits per heavy atom. The lowest BCUT2D eigenvalue weighted by atomic mass is 10.2. The molecule has 0 spiro atoms. The molecule has 0 aliphatic carbocycles. The van der Waals surface area contributed by atoms with Crippen LogP contribution in [0.2, 0.25) is 0 Å². The maximum absolute atomic E-state index is 11.8. The summed E-state index contributed by atoms with van der Waals surface area (Å²) in [5.74, 6) is 0.911. The minimum absolute atomic E-state index is 0.0667. The third kappa shape index (κ3) is 3.08. The normalized spacial score (nSPS) is 11.2. The number of fused-ring (bicyclic) bond motifs is 1. The SMILES string of the molecule is CN(C)CCSc1nc2ccccc2c(=O)[nH]1. The number of aromatic nitrogens is 2. The van der Waals surface area contributed by atoms with Crippen molar-refractivity contribution in [2.45, 2.75) is 5.16 Å². The molecular formula is C12H15N3OS. The summed E-state index contributed by atoms with van der Waals surface area (Å²) in [7, 11) is 4.05. The molecule has 0 fully saturated rings. The van der Waals surface area contributed by atoms with Crippen molar-refractivity contribution in [1.82, 2.24) is 14.9 Å². The van der Waals surface area contributed by atoms with Gasteiger partial charge in [0.15, 0.2) is 5.16 Å². The van der Waals surface area contributed by atoms with E-state index in [9.17, 15) is 4.79 Å². The van der Waals surface area contributed by atoms with Crippen LogP contribution in [0.4, 0.5) is 0 Å². The molecule has 5 heteroatoms. The van der Waals surface area contributed by atoms with Crippen molar-refractivity contribution in [2.24, 2.45) is 0 Å². The molecule has 17 heavy (non-hydrogen) atoms. The van der Waals surface area contributed by atoms with Crippen LogP contribution < -0.4 is 5.56 Å². The molecule has 0 radical (unpaired) electrons. The highest BCUT2D eigenvalue weighted by atomic mass is 32.2. The van der Waals surface area contributed by atoms with Gasteiger partial charge in [0.05, 0.1) is 10.9 Å². The van der Waals surface area contributed by atoms with E-state index in [-0.39, 0.29) is 5.56 Å². The molecule has 4 nitrogen and oxygen atoms in total. The van der Waals surface area contributed by atoms with E-state index >= 15 is 0 Å².